The SMILES string of the molecule is O=C(C=Cc1ccccc1Cl)Nc1nc(-c2ccc3c(c2)CCC3)cs1. The van der Waals surface area contributed by atoms with Gasteiger partial charge in [-0.3, -0.25) is 10.1 Å². The van der Waals surface area contributed by atoms with E-state index in [1.807, 2.05) is 23.6 Å². The number of carbonyl (C=O) groups excluding carboxylic acids is 1. The van der Waals surface area contributed by atoms with Crippen LogP contribution in [0.15, 0.2) is 53.9 Å². The first-order chi connectivity index (χ1) is 12.7. The Bertz CT molecular complexity index is 993. The zero-order valence-corrected chi connectivity index (χ0v) is 15.6. The summed E-state index contributed by atoms with van der Waals surface area (Å²) in [5, 5.41) is 6.00. The molecule has 1 aliphatic carbocycles. The molecular weight excluding hydrogens is 364 g/mol. The van der Waals surface area contributed by atoms with Gasteiger partial charge in [-0.2, -0.15) is 0 Å². The number of hydrogen-bond donors (Lipinski definition) is 1. The van der Waals surface area contributed by atoms with Crippen molar-refractivity contribution in [3.05, 3.63) is 75.6 Å². The van der Waals surface area contributed by atoms with Crippen LogP contribution in [-0.2, 0) is 17.6 Å². The van der Waals surface area contributed by atoms with Crippen molar-refractivity contribution in [1.82, 2.24) is 4.98 Å². The highest BCUT2D eigenvalue weighted by Crippen LogP contribution is 2.30. The molecule has 1 heterocycles. The van der Waals surface area contributed by atoms with E-state index in [2.05, 4.69) is 28.5 Å². The molecule has 0 radical (unpaired) electrons. The molecular formula is C21H17ClN2OS. The fourth-order valence-electron chi connectivity index (χ4n) is 3.12. The number of hydrogen-bond acceptors (Lipinski definition) is 3. The summed E-state index contributed by atoms with van der Waals surface area (Å²) in [4.78, 5) is 16.7. The van der Waals surface area contributed by atoms with Gasteiger partial charge in [-0.05, 0) is 54.2 Å². The molecule has 0 saturated heterocycles. The van der Waals surface area contributed by atoms with Gasteiger partial charge in [0.05, 0.1) is 5.69 Å². The van der Waals surface area contributed by atoms with Crippen molar-refractivity contribution in [2.75, 3.05) is 5.32 Å². The van der Waals surface area contributed by atoms with Gasteiger partial charge in [-0.25, -0.2) is 4.98 Å². The molecule has 0 unspecified atom stereocenters. The van der Waals surface area contributed by atoms with Crippen LogP contribution < -0.4 is 5.32 Å². The van der Waals surface area contributed by atoms with E-state index < -0.39 is 0 Å². The molecule has 4 rings (SSSR count). The van der Waals surface area contributed by atoms with Crippen LogP contribution in [0.25, 0.3) is 17.3 Å². The number of benzene rings is 2. The third-order valence-corrected chi connectivity index (χ3v) is 5.55. The van der Waals surface area contributed by atoms with Crippen molar-refractivity contribution in [2.45, 2.75) is 19.3 Å². The molecule has 130 valence electrons. The number of rotatable bonds is 4. The smallest absolute Gasteiger partial charge is 0.250 e. The van der Waals surface area contributed by atoms with Gasteiger partial charge in [-0.15, -0.1) is 11.3 Å². The molecule has 1 aromatic heterocycles. The minimum atomic E-state index is -0.222. The van der Waals surface area contributed by atoms with Crippen LogP contribution in [0.2, 0.25) is 5.02 Å². The van der Waals surface area contributed by atoms with E-state index in [1.54, 1.807) is 12.1 Å². The monoisotopic (exact) mass is 380 g/mol. The Kier molecular flexibility index (Phi) is 4.87. The lowest BCUT2D eigenvalue weighted by molar-refractivity contribution is -0.111. The standard InChI is InChI=1S/C21H17ClN2OS/c22-18-7-2-1-4-15(18)10-11-20(25)24-21-23-19(13-26-21)17-9-8-14-5-3-6-16(14)12-17/h1-2,4,7-13H,3,5-6H2,(H,23,24,25). The predicted octanol–water partition coefficient (Wildman–Crippen LogP) is 5.60. The normalized spacial score (nSPS) is 13.1. The van der Waals surface area contributed by atoms with Gasteiger partial charge in [0.15, 0.2) is 5.13 Å². The number of aryl methyl sites for hydroxylation is 2. The summed E-state index contributed by atoms with van der Waals surface area (Å²) in [7, 11) is 0. The first-order valence-corrected chi connectivity index (χ1v) is 9.76. The van der Waals surface area contributed by atoms with Gasteiger partial charge in [0, 0.05) is 22.0 Å². The number of thiazole rings is 1. The second-order valence-electron chi connectivity index (χ2n) is 6.22. The number of fused-ring (bicyclic) bond motifs is 1. The van der Waals surface area contributed by atoms with Gasteiger partial charge < -0.3 is 0 Å². The quantitative estimate of drug-likeness (QED) is 0.598. The van der Waals surface area contributed by atoms with Crippen molar-refractivity contribution < 1.29 is 4.79 Å². The lowest BCUT2D eigenvalue weighted by Crippen LogP contribution is -2.07. The van der Waals surface area contributed by atoms with E-state index in [-0.39, 0.29) is 5.91 Å². The molecule has 0 bridgehead atoms. The second kappa shape index (κ2) is 7.44. The summed E-state index contributed by atoms with van der Waals surface area (Å²) in [6.45, 7) is 0. The third kappa shape index (κ3) is 3.71. The summed E-state index contributed by atoms with van der Waals surface area (Å²) >= 11 is 7.51. The maximum absolute atomic E-state index is 12.1. The Morgan fingerprint density at radius 3 is 2.88 bits per heavy atom. The molecule has 0 aliphatic heterocycles. The largest absolute Gasteiger partial charge is 0.298 e. The van der Waals surface area contributed by atoms with Gasteiger partial charge in [-0.1, -0.05) is 41.9 Å². The summed E-state index contributed by atoms with van der Waals surface area (Å²) < 4.78 is 0. The number of halogens is 1. The summed E-state index contributed by atoms with van der Waals surface area (Å²) in [5.74, 6) is -0.222. The molecule has 0 atom stereocenters. The first-order valence-electron chi connectivity index (χ1n) is 8.50. The van der Waals surface area contributed by atoms with Crippen molar-refractivity contribution in [3.8, 4) is 11.3 Å². The topological polar surface area (TPSA) is 42.0 Å². The Hall–Kier alpha value is -2.43. The zero-order chi connectivity index (χ0) is 17.9. The minimum Gasteiger partial charge on any atom is -0.298 e. The van der Waals surface area contributed by atoms with E-state index in [0.717, 1.165) is 23.2 Å². The summed E-state index contributed by atoms with van der Waals surface area (Å²) in [6, 6.07) is 13.9. The van der Waals surface area contributed by atoms with Crippen LogP contribution in [0.1, 0.15) is 23.1 Å². The fraction of sp³-hybridized carbons (Fsp3) is 0.143. The van der Waals surface area contributed by atoms with E-state index in [4.69, 9.17) is 11.6 Å². The van der Waals surface area contributed by atoms with Crippen molar-refractivity contribution in [3.63, 3.8) is 0 Å². The highest BCUT2D eigenvalue weighted by molar-refractivity contribution is 7.14. The lowest BCUT2D eigenvalue weighted by atomic mass is 10.1. The first kappa shape index (κ1) is 17.0. The molecule has 2 aromatic carbocycles. The van der Waals surface area contributed by atoms with Crippen LogP contribution in [0.4, 0.5) is 5.13 Å². The molecule has 3 aromatic rings. The molecule has 26 heavy (non-hydrogen) atoms. The Balaban J connectivity index is 1.45. The lowest BCUT2D eigenvalue weighted by Gasteiger charge is -2.02. The molecule has 1 aliphatic rings. The number of anilines is 1. The van der Waals surface area contributed by atoms with Gasteiger partial charge in [0.1, 0.15) is 0 Å². The highest BCUT2D eigenvalue weighted by Gasteiger charge is 2.13. The van der Waals surface area contributed by atoms with E-state index >= 15 is 0 Å². The number of amides is 1. The average molecular weight is 381 g/mol. The Labute approximate surface area is 161 Å². The molecule has 5 heteroatoms. The van der Waals surface area contributed by atoms with Gasteiger partial charge in [0.2, 0.25) is 5.91 Å². The van der Waals surface area contributed by atoms with Gasteiger partial charge in [0.25, 0.3) is 0 Å². The van der Waals surface area contributed by atoms with Crippen LogP contribution in [0.3, 0.4) is 0 Å². The minimum absolute atomic E-state index is 0.222. The molecule has 0 spiro atoms. The van der Waals surface area contributed by atoms with E-state index in [9.17, 15) is 4.79 Å². The molecule has 0 saturated carbocycles. The Morgan fingerprint density at radius 1 is 1.15 bits per heavy atom. The van der Waals surface area contributed by atoms with E-state index in [1.165, 1.54) is 41.4 Å². The average Bonchev–Trinajstić information content (AvgIpc) is 3.29. The molecule has 1 amide bonds. The molecule has 3 nitrogen and oxygen atoms in total. The second-order valence-corrected chi connectivity index (χ2v) is 7.48. The van der Waals surface area contributed by atoms with Crippen LogP contribution in [0, 0.1) is 0 Å². The van der Waals surface area contributed by atoms with E-state index in [0.29, 0.717) is 10.2 Å². The van der Waals surface area contributed by atoms with Crippen molar-refractivity contribution >= 4 is 40.1 Å². The number of aromatic nitrogens is 1. The molecule has 1 N–H and O–H groups in total. The zero-order valence-electron chi connectivity index (χ0n) is 14.0. The van der Waals surface area contributed by atoms with Crippen molar-refractivity contribution in [2.24, 2.45) is 0 Å². The fourth-order valence-corrected chi connectivity index (χ4v) is 4.04. The molecule has 0 fully saturated rings. The maximum atomic E-state index is 12.1. The van der Waals surface area contributed by atoms with Crippen LogP contribution in [-0.4, -0.2) is 10.9 Å². The van der Waals surface area contributed by atoms with Gasteiger partial charge >= 0.3 is 0 Å². The summed E-state index contributed by atoms with van der Waals surface area (Å²) in [6.07, 6.45) is 6.72. The number of nitrogens with zero attached hydrogens (tertiary/aromatic N) is 1. The number of nitrogens with one attached hydrogen (secondary N) is 1. The van der Waals surface area contributed by atoms with Crippen LogP contribution >= 0.6 is 22.9 Å². The third-order valence-electron chi connectivity index (χ3n) is 4.45. The highest BCUT2D eigenvalue weighted by atomic mass is 35.5. The number of carbonyl (C=O) groups is 1. The van der Waals surface area contributed by atoms with Crippen LogP contribution in [0.5, 0.6) is 0 Å². The van der Waals surface area contributed by atoms with Crippen molar-refractivity contribution in [1.29, 1.82) is 0 Å². The summed E-state index contributed by atoms with van der Waals surface area (Å²) in [5.41, 5.74) is 5.68. The Morgan fingerprint density at radius 2 is 2.00 bits per heavy atom. The maximum Gasteiger partial charge on any atom is 0.250 e. The predicted molar refractivity (Wildman–Crippen MR) is 109 cm³/mol.